The molecule has 2 aromatic carbocycles. The van der Waals surface area contributed by atoms with Gasteiger partial charge in [-0.3, -0.25) is 4.79 Å². The molecule has 1 atom stereocenters. The molecule has 0 saturated heterocycles. The van der Waals surface area contributed by atoms with Crippen LogP contribution in [0.1, 0.15) is 25.3 Å². The van der Waals surface area contributed by atoms with Gasteiger partial charge in [0.25, 0.3) is 11.6 Å². The van der Waals surface area contributed by atoms with Gasteiger partial charge in [-0.15, -0.1) is 10.2 Å². The lowest BCUT2D eigenvalue weighted by atomic mass is 10.0. The zero-order chi connectivity index (χ0) is 20.7. The average Bonchev–Trinajstić information content (AvgIpc) is 2.91. The van der Waals surface area contributed by atoms with Crippen LogP contribution in [-0.4, -0.2) is 26.8 Å². The SMILES string of the molecule is CCCCSc1nnc2c(n1)O[C@]1(Nc3ccccc3-2)C(=O)Nc2ccc(Br)cc21. The highest BCUT2D eigenvalue weighted by Crippen LogP contribution is 2.47. The summed E-state index contributed by atoms with van der Waals surface area (Å²) in [5, 5.41) is 15.5. The van der Waals surface area contributed by atoms with Crippen LogP contribution in [0, 0.1) is 0 Å². The van der Waals surface area contributed by atoms with Crippen LogP contribution in [0.25, 0.3) is 11.3 Å². The molecule has 0 fully saturated rings. The minimum absolute atomic E-state index is 0.282. The van der Waals surface area contributed by atoms with Gasteiger partial charge in [0, 0.05) is 21.5 Å². The summed E-state index contributed by atoms with van der Waals surface area (Å²) < 4.78 is 7.20. The third kappa shape index (κ3) is 3.13. The van der Waals surface area contributed by atoms with Crippen molar-refractivity contribution in [3.05, 3.63) is 52.5 Å². The second-order valence-corrected chi connectivity index (χ2v) is 9.03. The Balaban J connectivity index is 1.67. The number of hydrogen-bond acceptors (Lipinski definition) is 7. The smallest absolute Gasteiger partial charge is 0.295 e. The molecule has 3 heterocycles. The van der Waals surface area contributed by atoms with Crippen LogP contribution >= 0.6 is 27.7 Å². The second-order valence-electron chi connectivity index (χ2n) is 7.05. The van der Waals surface area contributed by atoms with Gasteiger partial charge in [0.2, 0.25) is 11.0 Å². The lowest BCUT2D eigenvalue weighted by molar-refractivity contribution is -0.128. The molecule has 9 heteroatoms. The number of amides is 1. The zero-order valence-electron chi connectivity index (χ0n) is 16.1. The van der Waals surface area contributed by atoms with Crippen LogP contribution in [0.3, 0.4) is 0 Å². The van der Waals surface area contributed by atoms with Crippen molar-refractivity contribution in [2.45, 2.75) is 30.6 Å². The van der Waals surface area contributed by atoms with Crippen molar-refractivity contribution in [1.82, 2.24) is 15.2 Å². The highest BCUT2D eigenvalue weighted by molar-refractivity contribution is 9.10. The van der Waals surface area contributed by atoms with Crippen LogP contribution in [0.5, 0.6) is 5.88 Å². The van der Waals surface area contributed by atoms with Crippen molar-refractivity contribution in [2.24, 2.45) is 0 Å². The normalized spacial score (nSPS) is 18.5. The first-order chi connectivity index (χ1) is 14.6. The largest absolute Gasteiger partial charge is 0.435 e. The number of nitrogens with one attached hydrogen (secondary N) is 2. The Hall–Kier alpha value is -2.65. The van der Waals surface area contributed by atoms with E-state index in [-0.39, 0.29) is 11.8 Å². The highest BCUT2D eigenvalue weighted by atomic mass is 79.9. The number of hydrogen-bond donors (Lipinski definition) is 2. The highest BCUT2D eigenvalue weighted by Gasteiger charge is 2.52. The van der Waals surface area contributed by atoms with E-state index in [9.17, 15) is 4.79 Å². The third-order valence-electron chi connectivity index (χ3n) is 5.04. The molecule has 30 heavy (non-hydrogen) atoms. The van der Waals surface area contributed by atoms with Crippen molar-refractivity contribution in [1.29, 1.82) is 0 Å². The second kappa shape index (κ2) is 7.55. The van der Waals surface area contributed by atoms with Crippen molar-refractivity contribution in [2.75, 3.05) is 16.4 Å². The van der Waals surface area contributed by atoms with E-state index in [1.165, 1.54) is 11.8 Å². The number of fused-ring (bicyclic) bond motifs is 5. The van der Waals surface area contributed by atoms with Gasteiger partial charge < -0.3 is 15.4 Å². The molecule has 1 aromatic heterocycles. The maximum atomic E-state index is 13.2. The number of thioether (sulfide) groups is 1. The van der Waals surface area contributed by atoms with Gasteiger partial charge in [0.1, 0.15) is 0 Å². The van der Waals surface area contributed by atoms with Gasteiger partial charge in [0.15, 0.2) is 5.69 Å². The molecule has 2 aliphatic rings. The summed E-state index contributed by atoms with van der Waals surface area (Å²) in [5.41, 5.74) is 1.93. The van der Waals surface area contributed by atoms with Crippen LogP contribution in [0.2, 0.25) is 0 Å². The van der Waals surface area contributed by atoms with Crippen LogP contribution in [0.15, 0.2) is 52.1 Å². The van der Waals surface area contributed by atoms with Crippen molar-refractivity contribution >= 4 is 45.0 Å². The van der Waals surface area contributed by atoms with E-state index in [4.69, 9.17) is 4.74 Å². The number of unbranched alkanes of at least 4 members (excludes halogenated alkanes) is 1. The predicted molar refractivity (Wildman–Crippen MR) is 120 cm³/mol. The number of carbonyl (C=O) groups is 1. The van der Waals surface area contributed by atoms with Gasteiger partial charge in [-0.25, -0.2) is 0 Å². The first-order valence-electron chi connectivity index (χ1n) is 9.66. The number of rotatable bonds is 4. The maximum absolute atomic E-state index is 13.2. The van der Waals surface area contributed by atoms with Gasteiger partial charge in [-0.2, -0.15) is 4.98 Å². The Morgan fingerprint density at radius 1 is 1.17 bits per heavy atom. The number of ether oxygens (including phenoxy) is 1. The van der Waals surface area contributed by atoms with Gasteiger partial charge in [-0.05, 0) is 30.7 Å². The molecule has 2 aliphatic heterocycles. The van der Waals surface area contributed by atoms with Gasteiger partial charge in [-0.1, -0.05) is 59.2 Å². The molecule has 0 aliphatic carbocycles. The standard InChI is InChI=1S/C21H18BrN5O2S/c1-2-3-10-30-20-24-18-17(26-27-20)13-6-4-5-7-15(13)25-21(29-18)14-11-12(22)8-9-16(14)23-19(21)28/h4-9,11,25H,2-3,10H2,1H3,(H,23,28)/t21-/m0/s1. The number of anilines is 2. The lowest BCUT2D eigenvalue weighted by Crippen LogP contribution is -2.47. The number of halogens is 1. The molecule has 0 unspecified atom stereocenters. The molecule has 0 bridgehead atoms. The molecule has 7 nitrogen and oxygen atoms in total. The fourth-order valence-electron chi connectivity index (χ4n) is 3.54. The molecule has 0 radical (unpaired) electrons. The minimum Gasteiger partial charge on any atom is -0.435 e. The summed E-state index contributed by atoms with van der Waals surface area (Å²) >= 11 is 5.03. The van der Waals surface area contributed by atoms with Gasteiger partial charge in [0.05, 0.1) is 11.3 Å². The Morgan fingerprint density at radius 3 is 2.90 bits per heavy atom. The molecular weight excluding hydrogens is 466 g/mol. The van der Waals surface area contributed by atoms with Crippen LogP contribution in [-0.2, 0) is 10.5 Å². The summed E-state index contributed by atoms with van der Waals surface area (Å²) in [6.45, 7) is 2.14. The van der Waals surface area contributed by atoms with E-state index in [2.05, 4.69) is 48.7 Å². The van der Waals surface area contributed by atoms with E-state index in [1.54, 1.807) is 0 Å². The van der Waals surface area contributed by atoms with E-state index in [1.807, 2.05) is 42.5 Å². The number of para-hydroxylation sites is 1. The Labute approximate surface area is 186 Å². The minimum atomic E-state index is -1.46. The molecule has 5 rings (SSSR count). The number of aromatic nitrogens is 3. The summed E-state index contributed by atoms with van der Waals surface area (Å²) in [6, 6.07) is 13.2. The third-order valence-corrected chi connectivity index (χ3v) is 6.45. The summed E-state index contributed by atoms with van der Waals surface area (Å²) in [7, 11) is 0. The lowest BCUT2D eigenvalue weighted by Gasteiger charge is -2.28. The molecule has 0 saturated carbocycles. The molecule has 1 amide bonds. The molecule has 152 valence electrons. The predicted octanol–water partition coefficient (Wildman–Crippen LogP) is 4.80. The Morgan fingerprint density at radius 2 is 2.03 bits per heavy atom. The van der Waals surface area contributed by atoms with Crippen molar-refractivity contribution < 1.29 is 9.53 Å². The summed E-state index contributed by atoms with van der Waals surface area (Å²) in [5.74, 6) is 0.870. The van der Waals surface area contributed by atoms with Crippen molar-refractivity contribution in [3.8, 4) is 17.1 Å². The number of carbonyl (C=O) groups excluding carboxylic acids is 1. The summed E-state index contributed by atoms with van der Waals surface area (Å²) in [6.07, 6.45) is 2.15. The first kappa shape index (κ1) is 19.3. The maximum Gasteiger partial charge on any atom is 0.295 e. The van der Waals surface area contributed by atoms with E-state index >= 15 is 0 Å². The Bertz CT molecular complexity index is 1160. The zero-order valence-corrected chi connectivity index (χ0v) is 18.5. The first-order valence-corrected chi connectivity index (χ1v) is 11.4. The van der Waals surface area contributed by atoms with E-state index in [0.29, 0.717) is 22.1 Å². The van der Waals surface area contributed by atoms with E-state index in [0.717, 1.165) is 34.3 Å². The molecule has 3 aromatic rings. The number of nitrogens with zero attached hydrogens (tertiary/aromatic N) is 3. The van der Waals surface area contributed by atoms with Crippen LogP contribution in [0.4, 0.5) is 11.4 Å². The van der Waals surface area contributed by atoms with E-state index < -0.39 is 5.72 Å². The molecule has 1 spiro atoms. The fraction of sp³-hybridized carbons (Fsp3) is 0.238. The van der Waals surface area contributed by atoms with Crippen LogP contribution < -0.4 is 15.4 Å². The monoisotopic (exact) mass is 483 g/mol. The topological polar surface area (TPSA) is 89.0 Å². The Kier molecular flexibility index (Phi) is 4.86. The number of benzene rings is 2. The fourth-order valence-corrected chi connectivity index (χ4v) is 4.76. The quantitative estimate of drug-likeness (QED) is 0.406. The summed E-state index contributed by atoms with van der Waals surface area (Å²) in [4.78, 5) is 17.8. The van der Waals surface area contributed by atoms with Gasteiger partial charge >= 0.3 is 0 Å². The molecule has 2 N–H and O–H groups in total. The van der Waals surface area contributed by atoms with Crippen molar-refractivity contribution in [3.63, 3.8) is 0 Å². The molecular formula is C21H18BrN5O2S. The average molecular weight is 484 g/mol.